The molecule has 98 valence electrons. The van der Waals surface area contributed by atoms with Gasteiger partial charge in [-0.2, -0.15) is 0 Å². The van der Waals surface area contributed by atoms with Gasteiger partial charge in [0.15, 0.2) is 0 Å². The van der Waals surface area contributed by atoms with Crippen LogP contribution in [0.5, 0.6) is 0 Å². The van der Waals surface area contributed by atoms with Gasteiger partial charge in [0, 0.05) is 18.4 Å². The second-order valence-electron chi connectivity index (χ2n) is 5.12. The molecule has 0 aliphatic carbocycles. The fourth-order valence-corrected chi connectivity index (χ4v) is 2.31. The molecule has 4 heteroatoms. The Morgan fingerprint density at radius 3 is 2.89 bits per heavy atom. The lowest BCUT2D eigenvalue weighted by Crippen LogP contribution is -2.43. The molecule has 4 nitrogen and oxygen atoms in total. The van der Waals surface area contributed by atoms with Gasteiger partial charge in [-0.1, -0.05) is 0 Å². The van der Waals surface area contributed by atoms with E-state index in [4.69, 9.17) is 0 Å². The zero-order valence-corrected chi connectivity index (χ0v) is 11.1. The van der Waals surface area contributed by atoms with E-state index in [1.807, 2.05) is 13.0 Å². The third-order valence-electron chi connectivity index (χ3n) is 3.57. The van der Waals surface area contributed by atoms with E-state index in [-0.39, 0.29) is 5.91 Å². The van der Waals surface area contributed by atoms with Gasteiger partial charge in [0.05, 0.1) is 6.42 Å². The molecule has 0 atom stereocenters. The largest absolute Gasteiger partial charge is 0.353 e. The monoisotopic (exact) mass is 247 g/mol. The molecular formula is C14H21N3O. The normalized spacial score (nSPS) is 17.7. The molecule has 2 heterocycles. The van der Waals surface area contributed by atoms with Gasteiger partial charge in [0.25, 0.3) is 0 Å². The van der Waals surface area contributed by atoms with E-state index in [0.29, 0.717) is 12.5 Å². The lowest BCUT2D eigenvalue weighted by molar-refractivity contribution is -0.121. The number of piperidine rings is 1. The quantitative estimate of drug-likeness (QED) is 0.871. The molecule has 18 heavy (non-hydrogen) atoms. The number of rotatable bonds is 3. The van der Waals surface area contributed by atoms with Crippen LogP contribution in [0, 0.1) is 6.92 Å². The summed E-state index contributed by atoms with van der Waals surface area (Å²) in [6.07, 6.45) is 6.11. The van der Waals surface area contributed by atoms with Gasteiger partial charge in [-0.25, -0.2) is 0 Å². The Morgan fingerprint density at radius 1 is 1.50 bits per heavy atom. The molecule has 0 spiro atoms. The highest BCUT2D eigenvalue weighted by Gasteiger charge is 2.18. The van der Waals surface area contributed by atoms with Crippen molar-refractivity contribution in [2.24, 2.45) is 0 Å². The number of pyridine rings is 1. The van der Waals surface area contributed by atoms with Gasteiger partial charge in [-0.05, 0) is 57.1 Å². The molecule has 2 rings (SSSR count). The Balaban J connectivity index is 1.84. The standard InChI is InChI=1S/C14H21N3O/c1-11-10-15-6-3-12(11)9-14(18)16-13-4-7-17(2)8-5-13/h3,6,10,13H,4-5,7-9H2,1-2H3,(H,16,18). The fraction of sp³-hybridized carbons (Fsp3) is 0.571. The first-order valence-electron chi connectivity index (χ1n) is 6.52. The number of hydrogen-bond donors (Lipinski definition) is 1. The Labute approximate surface area is 108 Å². The summed E-state index contributed by atoms with van der Waals surface area (Å²) in [7, 11) is 2.12. The molecule has 1 amide bonds. The highest BCUT2D eigenvalue weighted by Crippen LogP contribution is 2.10. The Hall–Kier alpha value is -1.42. The molecule has 0 unspecified atom stereocenters. The van der Waals surface area contributed by atoms with Gasteiger partial charge in [0.1, 0.15) is 0 Å². The summed E-state index contributed by atoms with van der Waals surface area (Å²) in [6.45, 7) is 4.13. The van der Waals surface area contributed by atoms with Crippen LogP contribution in [0.3, 0.4) is 0 Å². The first-order chi connectivity index (χ1) is 8.65. The number of nitrogens with one attached hydrogen (secondary N) is 1. The molecule has 0 bridgehead atoms. The van der Waals surface area contributed by atoms with Crippen molar-refractivity contribution in [1.82, 2.24) is 15.2 Å². The molecule has 1 aliphatic rings. The van der Waals surface area contributed by atoms with Crippen molar-refractivity contribution < 1.29 is 4.79 Å². The van der Waals surface area contributed by atoms with Crippen molar-refractivity contribution in [3.63, 3.8) is 0 Å². The molecular weight excluding hydrogens is 226 g/mol. The molecule has 1 N–H and O–H groups in total. The highest BCUT2D eigenvalue weighted by atomic mass is 16.1. The van der Waals surface area contributed by atoms with Gasteiger partial charge in [-0.15, -0.1) is 0 Å². The average Bonchev–Trinajstić information content (AvgIpc) is 2.35. The van der Waals surface area contributed by atoms with Gasteiger partial charge < -0.3 is 10.2 Å². The van der Waals surface area contributed by atoms with Crippen LogP contribution >= 0.6 is 0 Å². The Bertz CT molecular complexity index is 411. The number of carbonyl (C=O) groups is 1. The van der Waals surface area contributed by atoms with Crippen molar-refractivity contribution >= 4 is 5.91 Å². The van der Waals surface area contributed by atoms with Gasteiger partial charge in [0.2, 0.25) is 5.91 Å². The van der Waals surface area contributed by atoms with Crippen LogP contribution in [0.25, 0.3) is 0 Å². The van der Waals surface area contributed by atoms with Crippen molar-refractivity contribution in [2.45, 2.75) is 32.2 Å². The molecule has 1 saturated heterocycles. The van der Waals surface area contributed by atoms with Crippen LogP contribution < -0.4 is 5.32 Å². The summed E-state index contributed by atoms with van der Waals surface area (Å²) in [5.41, 5.74) is 2.14. The molecule has 1 fully saturated rings. The lowest BCUT2D eigenvalue weighted by atomic mass is 10.0. The van der Waals surface area contributed by atoms with Crippen molar-refractivity contribution in [3.8, 4) is 0 Å². The summed E-state index contributed by atoms with van der Waals surface area (Å²) in [5.74, 6) is 0.124. The summed E-state index contributed by atoms with van der Waals surface area (Å²) in [4.78, 5) is 18.3. The smallest absolute Gasteiger partial charge is 0.224 e. The Morgan fingerprint density at radius 2 is 2.22 bits per heavy atom. The van der Waals surface area contributed by atoms with E-state index in [1.54, 1.807) is 12.4 Å². The Kier molecular flexibility index (Phi) is 4.31. The van der Waals surface area contributed by atoms with Crippen LogP contribution in [-0.4, -0.2) is 42.0 Å². The molecule has 0 radical (unpaired) electrons. The number of amides is 1. The number of nitrogens with zero attached hydrogens (tertiary/aromatic N) is 2. The van der Waals surface area contributed by atoms with Crippen LogP contribution in [0.4, 0.5) is 0 Å². The second-order valence-corrected chi connectivity index (χ2v) is 5.12. The topological polar surface area (TPSA) is 45.2 Å². The first kappa shape index (κ1) is 13.0. The van der Waals surface area contributed by atoms with E-state index in [0.717, 1.165) is 37.1 Å². The van der Waals surface area contributed by atoms with Crippen LogP contribution in [0.15, 0.2) is 18.5 Å². The number of hydrogen-bond acceptors (Lipinski definition) is 3. The zero-order valence-electron chi connectivity index (χ0n) is 11.1. The van der Waals surface area contributed by atoms with E-state index in [9.17, 15) is 4.79 Å². The van der Waals surface area contributed by atoms with Crippen LogP contribution in [0.2, 0.25) is 0 Å². The SMILES string of the molecule is Cc1cnccc1CC(=O)NC1CCN(C)CC1. The van der Waals surface area contributed by atoms with Crippen molar-refractivity contribution in [1.29, 1.82) is 0 Å². The summed E-state index contributed by atoms with van der Waals surface area (Å²) in [5, 5.41) is 3.13. The predicted molar refractivity (Wildman–Crippen MR) is 71.3 cm³/mol. The molecule has 1 aliphatic heterocycles. The van der Waals surface area contributed by atoms with Crippen LogP contribution in [0.1, 0.15) is 24.0 Å². The zero-order chi connectivity index (χ0) is 13.0. The van der Waals surface area contributed by atoms with Crippen molar-refractivity contribution in [3.05, 3.63) is 29.6 Å². The maximum Gasteiger partial charge on any atom is 0.224 e. The second kappa shape index (κ2) is 5.96. The minimum Gasteiger partial charge on any atom is -0.353 e. The summed E-state index contributed by atoms with van der Waals surface area (Å²) < 4.78 is 0. The molecule has 0 saturated carbocycles. The maximum absolute atomic E-state index is 12.0. The minimum atomic E-state index is 0.124. The first-order valence-corrected chi connectivity index (χ1v) is 6.52. The number of likely N-dealkylation sites (tertiary alicyclic amines) is 1. The van der Waals surface area contributed by atoms with Crippen LogP contribution in [-0.2, 0) is 11.2 Å². The third kappa shape index (κ3) is 3.53. The van der Waals surface area contributed by atoms with Gasteiger partial charge >= 0.3 is 0 Å². The maximum atomic E-state index is 12.0. The fourth-order valence-electron chi connectivity index (χ4n) is 2.31. The molecule has 1 aromatic heterocycles. The van der Waals surface area contributed by atoms with E-state index in [1.165, 1.54) is 0 Å². The number of carbonyl (C=O) groups excluding carboxylic acids is 1. The summed E-state index contributed by atoms with van der Waals surface area (Å²) >= 11 is 0. The number of aryl methyl sites for hydroxylation is 1. The molecule has 1 aromatic rings. The lowest BCUT2D eigenvalue weighted by Gasteiger charge is -2.29. The number of aromatic nitrogens is 1. The van der Waals surface area contributed by atoms with Crippen molar-refractivity contribution in [2.75, 3.05) is 20.1 Å². The predicted octanol–water partition coefficient (Wildman–Crippen LogP) is 1.14. The van der Waals surface area contributed by atoms with Gasteiger partial charge in [-0.3, -0.25) is 9.78 Å². The summed E-state index contributed by atoms with van der Waals surface area (Å²) in [6, 6.07) is 2.26. The third-order valence-corrected chi connectivity index (χ3v) is 3.57. The van der Waals surface area contributed by atoms with E-state index >= 15 is 0 Å². The average molecular weight is 247 g/mol. The minimum absolute atomic E-state index is 0.124. The van der Waals surface area contributed by atoms with E-state index in [2.05, 4.69) is 22.2 Å². The van der Waals surface area contributed by atoms with E-state index < -0.39 is 0 Å². The highest BCUT2D eigenvalue weighted by molar-refractivity contribution is 5.79. The molecule has 0 aromatic carbocycles.